The number of amides is 3. The summed E-state index contributed by atoms with van der Waals surface area (Å²) < 4.78 is 0. The molecule has 0 saturated heterocycles. The van der Waals surface area contributed by atoms with Crippen LogP contribution in [0.4, 0.5) is 16.2 Å². The van der Waals surface area contributed by atoms with Gasteiger partial charge in [-0.25, -0.2) is 4.79 Å². The number of urea groups is 1. The van der Waals surface area contributed by atoms with Gasteiger partial charge in [-0.1, -0.05) is 6.07 Å². The van der Waals surface area contributed by atoms with E-state index in [2.05, 4.69) is 16.0 Å². The Labute approximate surface area is 138 Å². The Bertz CT molecular complexity index is 704. The number of hydrogen-bond donors (Lipinski definition) is 3. The van der Waals surface area contributed by atoms with Gasteiger partial charge in [0.2, 0.25) is 5.91 Å². The van der Waals surface area contributed by atoms with Crippen molar-refractivity contribution < 1.29 is 9.59 Å². The molecular weight excluding hydrogens is 310 g/mol. The highest BCUT2D eigenvalue weighted by Gasteiger charge is 2.23. The summed E-state index contributed by atoms with van der Waals surface area (Å²) in [6.07, 6.45) is 5.38. The maximum absolute atomic E-state index is 11.8. The normalized spacial score (nSPS) is 13.7. The van der Waals surface area contributed by atoms with Gasteiger partial charge < -0.3 is 16.0 Å². The van der Waals surface area contributed by atoms with E-state index in [1.807, 2.05) is 17.5 Å². The molecule has 0 bridgehead atoms. The third-order valence-corrected chi connectivity index (χ3v) is 4.10. The standard InChI is InChI=1S/C17H17N3O2S/c21-16(10-9-15-2-1-11-23-15)18-12-3-5-13(6-4-12)19-17(22)20-14-7-8-14/h1-6,9-11,14H,7-8H2,(H,18,21)(H2,19,20,22)/b10-9+. The van der Waals surface area contributed by atoms with Crippen LogP contribution in [0.5, 0.6) is 0 Å². The van der Waals surface area contributed by atoms with Crippen LogP contribution in [0.2, 0.25) is 0 Å². The summed E-state index contributed by atoms with van der Waals surface area (Å²) in [5.74, 6) is -0.189. The lowest BCUT2D eigenvalue weighted by molar-refractivity contribution is -0.111. The Balaban J connectivity index is 1.50. The van der Waals surface area contributed by atoms with Gasteiger partial charge in [0.05, 0.1) is 0 Å². The Morgan fingerprint density at radius 3 is 2.35 bits per heavy atom. The van der Waals surface area contributed by atoms with Crippen LogP contribution in [0.3, 0.4) is 0 Å². The average Bonchev–Trinajstić information content (AvgIpc) is 3.18. The zero-order chi connectivity index (χ0) is 16.1. The first-order valence-corrected chi connectivity index (χ1v) is 8.27. The average molecular weight is 327 g/mol. The van der Waals surface area contributed by atoms with Gasteiger partial charge in [0.25, 0.3) is 0 Å². The number of rotatable bonds is 5. The van der Waals surface area contributed by atoms with Crippen molar-refractivity contribution in [2.45, 2.75) is 18.9 Å². The van der Waals surface area contributed by atoms with E-state index < -0.39 is 0 Å². The Morgan fingerprint density at radius 2 is 1.74 bits per heavy atom. The van der Waals surface area contributed by atoms with Crippen LogP contribution in [0.15, 0.2) is 47.9 Å². The minimum absolute atomic E-state index is 0.189. The maximum atomic E-state index is 11.8. The molecule has 23 heavy (non-hydrogen) atoms. The fraction of sp³-hybridized carbons (Fsp3) is 0.176. The molecule has 3 amide bonds. The summed E-state index contributed by atoms with van der Waals surface area (Å²) in [6.45, 7) is 0. The zero-order valence-electron chi connectivity index (χ0n) is 12.4. The molecule has 0 unspecified atom stereocenters. The minimum atomic E-state index is -0.192. The van der Waals surface area contributed by atoms with Crippen molar-refractivity contribution >= 4 is 40.7 Å². The number of thiophene rings is 1. The predicted molar refractivity (Wildman–Crippen MR) is 93.6 cm³/mol. The van der Waals surface area contributed by atoms with Crippen LogP contribution in [0.1, 0.15) is 17.7 Å². The van der Waals surface area contributed by atoms with Gasteiger partial charge in [0.1, 0.15) is 0 Å². The van der Waals surface area contributed by atoms with Crippen molar-refractivity contribution in [1.82, 2.24) is 5.32 Å². The molecule has 1 aromatic carbocycles. The number of anilines is 2. The van der Waals surface area contributed by atoms with Gasteiger partial charge in [0.15, 0.2) is 0 Å². The highest BCUT2D eigenvalue weighted by atomic mass is 32.1. The lowest BCUT2D eigenvalue weighted by Gasteiger charge is -2.07. The quantitative estimate of drug-likeness (QED) is 0.733. The largest absolute Gasteiger partial charge is 0.335 e. The van der Waals surface area contributed by atoms with Crippen molar-refractivity contribution in [3.63, 3.8) is 0 Å². The second-order valence-corrected chi connectivity index (χ2v) is 6.27. The smallest absolute Gasteiger partial charge is 0.319 e. The van der Waals surface area contributed by atoms with Crippen LogP contribution in [0.25, 0.3) is 6.08 Å². The van der Waals surface area contributed by atoms with Crippen molar-refractivity contribution in [1.29, 1.82) is 0 Å². The second-order valence-electron chi connectivity index (χ2n) is 5.29. The van der Waals surface area contributed by atoms with Crippen molar-refractivity contribution in [2.75, 3.05) is 10.6 Å². The Hall–Kier alpha value is -2.60. The molecule has 118 valence electrons. The molecule has 0 atom stereocenters. The lowest BCUT2D eigenvalue weighted by Crippen LogP contribution is -2.30. The van der Waals surface area contributed by atoms with Gasteiger partial charge in [-0.2, -0.15) is 0 Å². The van der Waals surface area contributed by atoms with Gasteiger partial charge >= 0.3 is 6.03 Å². The molecular formula is C17H17N3O2S. The third kappa shape index (κ3) is 4.96. The molecule has 0 radical (unpaired) electrons. The molecule has 5 nitrogen and oxygen atoms in total. The number of hydrogen-bond acceptors (Lipinski definition) is 3. The van der Waals surface area contributed by atoms with Crippen LogP contribution in [-0.2, 0) is 4.79 Å². The molecule has 0 aliphatic heterocycles. The minimum Gasteiger partial charge on any atom is -0.335 e. The molecule has 3 rings (SSSR count). The van der Waals surface area contributed by atoms with E-state index in [-0.39, 0.29) is 11.9 Å². The summed E-state index contributed by atoms with van der Waals surface area (Å²) in [5, 5.41) is 10.4. The molecule has 1 fully saturated rings. The van der Waals surface area contributed by atoms with Gasteiger partial charge in [-0.15, -0.1) is 11.3 Å². The molecule has 1 aliphatic rings. The Kier molecular flexibility index (Phi) is 4.73. The van der Waals surface area contributed by atoms with E-state index in [1.165, 1.54) is 6.08 Å². The van der Waals surface area contributed by atoms with Crippen molar-refractivity contribution in [3.8, 4) is 0 Å². The van der Waals surface area contributed by atoms with Crippen LogP contribution in [0, 0.1) is 0 Å². The Morgan fingerprint density at radius 1 is 1.04 bits per heavy atom. The first-order chi connectivity index (χ1) is 11.2. The van der Waals surface area contributed by atoms with E-state index in [0.717, 1.165) is 17.7 Å². The SMILES string of the molecule is O=C(/C=C/c1cccs1)Nc1ccc(NC(=O)NC2CC2)cc1. The van der Waals surface area contributed by atoms with Gasteiger partial charge in [-0.05, 0) is 54.6 Å². The second kappa shape index (κ2) is 7.11. The van der Waals surface area contributed by atoms with Crippen molar-refractivity contribution in [3.05, 3.63) is 52.7 Å². The summed E-state index contributed by atoms with van der Waals surface area (Å²) in [4.78, 5) is 24.5. The third-order valence-electron chi connectivity index (χ3n) is 3.27. The van der Waals surface area contributed by atoms with Crippen molar-refractivity contribution in [2.24, 2.45) is 0 Å². The molecule has 6 heteroatoms. The topological polar surface area (TPSA) is 70.2 Å². The van der Waals surface area contributed by atoms with E-state index >= 15 is 0 Å². The first kappa shape index (κ1) is 15.3. The van der Waals surface area contributed by atoms with E-state index in [4.69, 9.17) is 0 Å². The van der Waals surface area contributed by atoms with E-state index in [9.17, 15) is 9.59 Å². The number of carbonyl (C=O) groups excluding carboxylic acids is 2. The molecule has 1 aromatic heterocycles. The van der Waals surface area contributed by atoms with Crippen LogP contribution < -0.4 is 16.0 Å². The van der Waals surface area contributed by atoms with Gasteiger partial charge in [0, 0.05) is 28.4 Å². The first-order valence-electron chi connectivity index (χ1n) is 7.39. The highest BCUT2D eigenvalue weighted by Crippen LogP contribution is 2.19. The summed E-state index contributed by atoms with van der Waals surface area (Å²) in [7, 11) is 0. The molecule has 2 aromatic rings. The van der Waals surface area contributed by atoms with Crippen LogP contribution in [-0.4, -0.2) is 18.0 Å². The van der Waals surface area contributed by atoms with E-state index in [1.54, 1.807) is 41.7 Å². The fourth-order valence-electron chi connectivity index (χ4n) is 1.94. The predicted octanol–water partition coefficient (Wildman–Crippen LogP) is 3.68. The number of benzene rings is 1. The molecule has 1 saturated carbocycles. The monoisotopic (exact) mass is 327 g/mol. The summed E-state index contributed by atoms with van der Waals surface area (Å²) >= 11 is 1.57. The molecule has 1 aliphatic carbocycles. The molecule has 3 N–H and O–H groups in total. The molecule has 1 heterocycles. The lowest BCUT2D eigenvalue weighted by atomic mass is 10.2. The van der Waals surface area contributed by atoms with Crippen LogP contribution >= 0.6 is 11.3 Å². The number of carbonyl (C=O) groups is 2. The summed E-state index contributed by atoms with van der Waals surface area (Å²) in [6, 6.07) is 11.0. The molecule has 0 spiro atoms. The maximum Gasteiger partial charge on any atom is 0.319 e. The highest BCUT2D eigenvalue weighted by molar-refractivity contribution is 7.10. The van der Waals surface area contributed by atoms with E-state index in [0.29, 0.717) is 17.4 Å². The number of nitrogens with one attached hydrogen (secondary N) is 3. The fourth-order valence-corrected chi connectivity index (χ4v) is 2.56. The summed E-state index contributed by atoms with van der Waals surface area (Å²) in [5.41, 5.74) is 1.37. The zero-order valence-corrected chi connectivity index (χ0v) is 13.2. The van der Waals surface area contributed by atoms with Gasteiger partial charge in [-0.3, -0.25) is 4.79 Å².